The standard InChI is InChI=1S/C14H15F3N2O2/c1-2-3-8-12(20)18-9-10-6-4-5-7-11(10)19-13(21)14(15,16)17/h3-8H,2,9H2,1H3,(H,18,20)(H,19,21)/b8-3+. The van der Waals surface area contributed by atoms with Crippen molar-refractivity contribution >= 4 is 17.5 Å². The molecule has 0 atom stereocenters. The van der Waals surface area contributed by atoms with Crippen LogP contribution in [0, 0.1) is 0 Å². The van der Waals surface area contributed by atoms with Gasteiger partial charge in [0.05, 0.1) is 0 Å². The summed E-state index contributed by atoms with van der Waals surface area (Å²) in [6.45, 7) is 1.88. The van der Waals surface area contributed by atoms with Crippen LogP contribution in [0.3, 0.4) is 0 Å². The Morgan fingerprint density at radius 1 is 1.24 bits per heavy atom. The highest BCUT2D eigenvalue weighted by Gasteiger charge is 2.38. The van der Waals surface area contributed by atoms with Crippen LogP contribution in [0.25, 0.3) is 0 Å². The molecule has 1 aromatic carbocycles. The lowest BCUT2D eigenvalue weighted by Gasteiger charge is -2.12. The highest BCUT2D eigenvalue weighted by atomic mass is 19.4. The van der Waals surface area contributed by atoms with Gasteiger partial charge in [-0.25, -0.2) is 0 Å². The molecule has 1 rings (SSSR count). The first-order chi connectivity index (χ1) is 9.84. The number of hydrogen-bond donors (Lipinski definition) is 2. The summed E-state index contributed by atoms with van der Waals surface area (Å²) in [4.78, 5) is 22.3. The van der Waals surface area contributed by atoms with Crippen molar-refractivity contribution in [2.24, 2.45) is 0 Å². The van der Waals surface area contributed by atoms with E-state index in [2.05, 4.69) is 5.32 Å². The molecule has 7 heteroatoms. The van der Waals surface area contributed by atoms with Crippen molar-refractivity contribution in [3.05, 3.63) is 42.0 Å². The first-order valence-electron chi connectivity index (χ1n) is 6.25. The Kier molecular flexibility index (Phi) is 5.95. The molecular formula is C14H15F3N2O2. The zero-order valence-electron chi connectivity index (χ0n) is 11.3. The molecule has 114 valence electrons. The van der Waals surface area contributed by atoms with Crippen LogP contribution >= 0.6 is 0 Å². The van der Waals surface area contributed by atoms with Crippen molar-refractivity contribution in [1.82, 2.24) is 5.32 Å². The lowest BCUT2D eigenvalue weighted by Crippen LogP contribution is -2.30. The van der Waals surface area contributed by atoms with Gasteiger partial charge >= 0.3 is 12.1 Å². The van der Waals surface area contributed by atoms with Crippen molar-refractivity contribution < 1.29 is 22.8 Å². The average Bonchev–Trinajstić information content (AvgIpc) is 2.43. The minimum atomic E-state index is -4.96. The van der Waals surface area contributed by atoms with Crippen molar-refractivity contribution in [1.29, 1.82) is 0 Å². The molecule has 0 aromatic heterocycles. The number of nitrogens with one attached hydrogen (secondary N) is 2. The quantitative estimate of drug-likeness (QED) is 0.822. The summed E-state index contributed by atoms with van der Waals surface area (Å²) in [5, 5.41) is 4.31. The third-order valence-electron chi connectivity index (χ3n) is 2.48. The van der Waals surface area contributed by atoms with Crippen LogP contribution in [0.2, 0.25) is 0 Å². The third-order valence-corrected chi connectivity index (χ3v) is 2.48. The molecule has 1 aromatic rings. The van der Waals surface area contributed by atoms with Gasteiger partial charge in [-0.2, -0.15) is 13.2 Å². The van der Waals surface area contributed by atoms with E-state index < -0.39 is 12.1 Å². The van der Waals surface area contributed by atoms with E-state index in [9.17, 15) is 22.8 Å². The van der Waals surface area contributed by atoms with E-state index >= 15 is 0 Å². The number of amides is 2. The fourth-order valence-corrected chi connectivity index (χ4v) is 1.46. The average molecular weight is 300 g/mol. The Balaban J connectivity index is 2.74. The molecule has 0 saturated heterocycles. The summed E-state index contributed by atoms with van der Waals surface area (Å²) in [7, 11) is 0. The van der Waals surface area contributed by atoms with Crippen LogP contribution in [-0.4, -0.2) is 18.0 Å². The van der Waals surface area contributed by atoms with Gasteiger partial charge in [-0.1, -0.05) is 31.2 Å². The smallest absolute Gasteiger partial charge is 0.348 e. The zero-order valence-corrected chi connectivity index (χ0v) is 11.3. The number of allylic oxidation sites excluding steroid dienone is 1. The summed E-state index contributed by atoms with van der Waals surface area (Å²) in [5.74, 6) is -2.40. The van der Waals surface area contributed by atoms with Crippen molar-refractivity contribution in [3.63, 3.8) is 0 Å². The van der Waals surface area contributed by atoms with E-state index in [0.717, 1.165) is 0 Å². The molecule has 0 heterocycles. The number of rotatable bonds is 5. The first-order valence-corrected chi connectivity index (χ1v) is 6.25. The summed E-state index contributed by atoms with van der Waals surface area (Å²) >= 11 is 0. The topological polar surface area (TPSA) is 58.2 Å². The molecule has 0 spiro atoms. The number of carbonyl (C=O) groups excluding carboxylic acids is 2. The van der Waals surface area contributed by atoms with E-state index in [1.165, 1.54) is 24.3 Å². The number of anilines is 1. The summed E-state index contributed by atoms with van der Waals surface area (Å²) in [6, 6.07) is 5.96. The second kappa shape index (κ2) is 7.47. The number of para-hydroxylation sites is 1. The van der Waals surface area contributed by atoms with Gasteiger partial charge in [-0.15, -0.1) is 0 Å². The van der Waals surface area contributed by atoms with Crippen LogP contribution in [0.1, 0.15) is 18.9 Å². The van der Waals surface area contributed by atoms with E-state index in [1.807, 2.05) is 6.92 Å². The largest absolute Gasteiger partial charge is 0.471 e. The summed E-state index contributed by atoms with van der Waals surface area (Å²) in [6.07, 6.45) is -1.25. The van der Waals surface area contributed by atoms with E-state index in [4.69, 9.17) is 0 Å². The Labute approximate surface area is 120 Å². The molecule has 0 unspecified atom stereocenters. The first kappa shape index (κ1) is 16.7. The lowest BCUT2D eigenvalue weighted by molar-refractivity contribution is -0.167. The number of alkyl halides is 3. The SMILES string of the molecule is CC/C=C/C(=O)NCc1ccccc1NC(=O)C(F)(F)F. The van der Waals surface area contributed by atoms with Crippen molar-refractivity contribution in [3.8, 4) is 0 Å². The monoisotopic (exact) mass is 300 g/mol. The molecule has 0 bridgehead atoms. The molecule has 0 saturated carbocycles. The van der Waals surface area contributed by atoms with Gasteiger partial charge in [0.15, 0.2) is 0 Å². The maximum Gasteiger partial charge on any atom is 0.471 e. The second-order valence-electron chi connectivity index (χ2n) is 4.14. The molecule has 0 aliphatic rings. The van der Waals surface area contributed by atoms with E-state index in [1.54, 1.807) is 17.5 Å². The number of hydrogen-bond acceptors (Lipinski definition) is 2. The summed E-state index contributed by atoms with van der Waals surface area (Å²) in [5.41, 5.74) is 0.396. The van der Waals surface area contributed by atoms with Crippen LogP contribution in [-0.2, 0) is 16.1 Å². The maximum absolute atomic E-state index is 12.2. The van der Waals surface area contributed by atoms with Gasteiger partial charge in [0.1, 0.15) is 0 Å². The van der Waals surface area contributed by atoms with Crippen LogP contribution in [0.5, 0.6) is 0 Å². The van der Waals surface area contributed by atoms with Crippen LogP contribution < -0.4 is 10.6 Å². The van der Waals surface area contributed by atoms with Gasteiger partial charge in [0, 0.05) is 12.2 Å². The molecule has 21 heavy (non-hydrogen) atoms. The Hall–Kier alpha value is -2.31. The molecular weight excluding hydrogens is 285 g/mol. The molecule has 0 radical (unpaired) electrons. The highest BCUT2D eigenvalue weighted by molar-refractivity contribution is 5.95. The van der Waals surface area contributed by atoms with Gasteiger partial charge < -0.3 is 10.6 Å². The molecule has 2 amide bonds. The number of carbonyl (C=O) groups is 2. The van der Waals surface area contributed by atoms with Crippen molar-refractivity contribution in [2.75, 3.05) is 5.32 Å². The molecule has 0 fully saturated rings. The van der Waals surface area contributed by atoms with Gasteiger partial charge in [0.2, 0.25) is 5.91 Å². The van der Waals surface area contributed by atoms with Gasteiger partial charge in [-0.3, -0.25) is 9.59 Å². The Morgan fingerprint density at radius 3 is 2.52 bits per heavy atom. The molecule has 4 nitrogen and oxygen atoms in total. The van der Waals surface area contributed by atoms with E-state index in [-0.39, 0.29) is 18.1 Å². The lowest BCUT2D eigenvalue weighted by atomic mass is 10.1. The fraction of sp³-hybridized carbons (Fsp3) is 0.286. The molecule has 0 aliphatic heterocycles. The number of benzene rings is 1. The Morgan fingerprint density at radius 2 is 1.90 bits per heavy atom. The predicted octanol–water partition coefficient (Wildman–Crippen LogP) is 2.77. The zero-order chi connectivity index (χ0) is 15.9. The van der Waals surface area contributed by atoms with Crippen molar-refractivity contribution in [2.45, 2.75) is 26.1 Å². The fourth-order valence-electron chi connectivity index (χ4n) is 1.46. The van der Waals surface area contributed by atoms with Gasteiger partial charge in [0.25, 0.3) is 0 Å². The molecule has 0 aliphatic carbocycles. The minimum absolute atomic E-state index is 0.0135. The molecule has 2 N–H and O–H groups in total. The number of halogens is 3. The van der Waals surface area contributed by atoms with Crippen LogP contribution in [0.15, 0.2) is 36.4 Å². The minimum Gasteiger partial charge on any atom is -0.348 e. The maximum atomic E-state index is 12.2. The van der Waals surface area contributed by atoms with Gasteiger partial charge in [-0.05, 0) is 24.1 Å². The predicted molar refractivity (Wildman–Crippen MR) is 72.4 cm³/mol. The normalized spacial score (nSPS) is 11.4. The van der Waals surface area contributed by atoms with E-state index in [0.29, 0.717) is 12.0 Å². The highest BCUT2D eigenvalue weighted by Crippen LogP contribution is 2.20. The Bertz CT molecular complexity index is 539. The second-order valence-corrected chi connectivity index (χ2v) is 4.14. The third kappa shape index (κ3) is 5.68. The van der Waals surface area contributed by atoms with Crippen LogP contribution in [0.4, 0.5) is 18.9 Å². The summed E-state index contributed by atoms with van der Waals surface area (Å²) < 4.78 is 36.7.